The molecule has 1 aromatic heterocycles. The van der Waals surface area contributed by atoms with Crippen LogP contribution in [0.15, 0.2) is 36.4 Å². The summed E-state index contributed by atoms with van der Waals surface area (Å²) >= 11 is 0. The monoisotopic (exact) mass is 337 g/mol. The zero-order chi connectivity index (χ0) is 18.4. The number of rotatable bonds is 3. The van der Waals surface area contributed by atoms with Gasteiger partial charge < -0.3 is 5.11 Å². The second-order valence-electron chi connectivity index (χ2n) is 8.76. The predicted molar refractivity (Wildman–Crippen MR) is 102 cm³/mol. The van der Waals surface area contributed by atoms with E-state index in [-0.39, 0.29) is 16.6 Å². The van der Waals surface area contributed by atoms with E-state index in [0.717, 1.165) is 23.0 Å². The molecule has 0 spiro atoms. The van der Waals surface area contributed by atoms with Crippen LogP contribution in [0.3, 0.4) is 0 Å². The summed E-state index contributed by atoms with van der Waals surface area (Å²) in [5.41, 5.74) is 4.77. The fourth-order valence-electron chi connectivity index (χ4n) is 3.71. The zero-order valence-electron chi connectivity index (χ0n) is 16.0. The van der Waals surface area contributed by atoms with Crippen LogP contribution in [0.4, 0.5) is 0 Å². The number of aryl methyl sites for hydroxylation is 1. The van der Waals surface area contributed by atoms with Crippen molar-refractivity contribution in [1.82, 2.24) is 15.0 Å². The highest BCUT2D eigenvalue weighted by atomic mass is 16.3. The van der Waals surface area contributed by atoms with Crippen molar-refractivity contribution in [1.29, 1.82) is 0 Å². The fraction of sp³-hybridized carbons (Fsp3) is 0.429. The summed E-state index contributed by atoms with van der Waals surface area (Å²) in [7, 11) is 0. The first-order valence-corrected chi connectivity index (χ1v) is 8.73. The molecular weight excluding hydrogens is 310 g/mol. The highest BCUT2D eigenvalue weighted by Crippen LogP contribution is 2.38. The summed E-state index contributed by atoms with van der Waals surface area (Å²) in [6.07, 6.45) is 1.04. The molecule has 4 heteroatoms. The highest BCUT2D eigenvalue weighted by Gasteiger charge is 2.28. The van der Waals surface area contributed by atoms with Crippen LogP contribution in [-0.4, -0.2) is 20.1 Å². The summed E-state index contributed by atoms with van der Waals surface area (Å²) in [6, 6.07) is 11.7. The van der Waals surface area contributed by atoms with E-state index in [0.29, 0.717) is 5.69 Å². The van der Waals surface area contributed by atoms with Gasteiger partial charge in [0.2, 0.25) is 0 Å². The Hall–Kier alpha value is -2.36. The molecule has 0 radical (unpaired) electrons. The molecule has 0 aliphatic heterocycles. The van der Waals surface area contributed by atoms with Crippen molar-refractivity contribution in [3.63, 3.8) is 0 Å². The predicted octanol–water partition coefficient (Wildman–Crippen LogP) is 5.15. The third kappa shape index (κ3) is 3.53. The number of benzene rings is 2. The largest absolute Gasteiger partial charge is 0.506 e. The molecule has 0 amide bonds. The second kappa shape index (κ2) is 5.87. The SMILES string of the molecule is Cc1cccc2nn(-c3cc(C(C)(C)CC(C)(C)C)ccc3O)nc12. The van der Waals surface area contributed by atoms with Crippen LogP contribution in [0.2, 0.25) is 0 Å². The normalized spacial score (nSPS) is 12.7. The lowest BCUT2D eigenvalue weighted by molar-refractivity contribution is 0.284. The molecular formula is C21H27N3O. The van der Waals surface area contributed by atoms with Crippen LogP contribution in [0, 0.1) is 12.3 Å². The minimum Gasteiger partial charge on any atom is -0.506 e. The number of phenols is 1. The Kier molecular flexibility index (Phi) is 4.10. The van der Waals surface area contributed by atoms with Gasteiger partial charge in [-0.1, -0.05) is 52.8 Å². The van der Waals surface area contributed by atoms with E-state index in [1.165, 1.54) is 5.56 Å². The molecule has 4 nitrogen and oxygen atoms in total. The average molecular weight is 337 g/mol. The van der Waals surface area contributed by atoms with E-state index in [2.05, 4.69) is 44.8 Å². The number of aromatic hydroxyl groups is 1. The maximum Gasteiger partial charge on any atom is 0.143 e. The maximum atomic E-state index is 10.4. The van der Waals surface area contributed by atoms with Gasteiger partial charge in [0, 0.05) is 0 Å². The Morgan fingerprint density at radius 2 is 1.72 bits per heavy atom. The van der Waals surface area contributed by atoms with Crippen LogP contribution < -0.4 is 0 Å². The van der Waals surface area contributed by atoms with Crippen molar-refractivity contribution >= 4 is 11.0 Å². The standard InChI is InChI=1S/C21H27N3O/c1-14-8-7-9-16-19(14)23-24(22-16)17-12-15(10-11-18(17)25)21(5,6)13-20(2,3)4/h7-12,25H,13H2,1-6H3. The van der Waals surface area contributed by atoms with Gasteiger partial charge in [-0.05, 0) is 53.5 Å². The zero-order valence-corrected chi connectivity index (χ0v) is 16.0. The summed E-state index contributed by atoms with van der Waals surface area (Å²) in [5, 5.41) is 19.5. The van der Waals surface area contributed by atoms with Gasteiger partial charge >= 0.3 is 0 Å². The second-order valence-corrected chi connectivity index (χ2v) is 8.76. The molecule has 0 saturated heterocycles. The molecule has 1 N–H and O–H groups in total. The molecule has 3 aromatic rings. The van der Waals surface area contributed by atoms with Gasteiger partial charge in [-0.3, -0.25) is 0 Å². The molecule has 0 saturated carbocycles. The molecule has 25 heavy (non-hydrogen) atoms. The van der Waals surface area contributed by atoms with Gasteiger partial charge in [-0.2, -0.15) is 0 Å². The van der Waals surface area contributed by atoms with Crippen molar-refractivity contribution < 1.29 is 5.11 Å². The molecule has 1 heterocycles. The van der Waals surface area contributed by atoms with Crippen LogP contribution in [0.1, 0.15) is 52.2 Å². The van der Waals surface area contributed by atoms with Crippen LogP contribution >= 0.6 is 0 Å². The third-order valence-corrected chi connectivity index (χ3v) is 4.56. The fourth-order valence-corrected chi connectivity index (χ4v) is 3.71. The van der Waals surface area contributed by atoms with E-state index in [1.807, 2.05) is 37.3 Å². The summed E-state index contributed by atoms with van der Waals surface area (Å²) in [4.78, 5) is 1.55. The Labute approximate surface area is 149 Å². The van der Waals surface area contributed by atoms with Crippen molar-refractivity contribution in [3.05, 3.63) is 47.5 Å². The van der Waals surface area contributed by atoms with Gasteiger partial charge in [0.1, 0.15) is 22.5 Å². The first-order chi connectivity index (χ1) is 11.6. The molecule has 0 bridgehead atoms. The topological polar surface area (TPSA) is 50.9 Å². The Morgan fingerprint density at radius 3 is 2.36 bits per heavy atom. The summed E-state index contributed by atoms with van der Waals surface area (Å²) in [5.74, 6) is 0.188. The van der Waals surface area contributed by atoms with Crippen molar-refractivity contribution in [2.45, 2.75) is 53.4 Å². The van der Waals surface area contributed by atoms with Gasteiger partial charge in [-0.15, -0.1) is 15.0 Å². The molecule has 0 aliphatic rings. The van der Waals surface area contributed by atoms with Crippen molar-refractivity contribution in [3.8, 4) is 11.4 Å². The smallest absolute Gasteiger partial charge is 0.143 e. The Morgan fingerprint density at radius 1 is 1.00 bits per heavy atom. The Bertz CT molecular complexity index is 917. The van der Waals surface area contributed by atoms with Crippen molar-refractivity contribution in [2.24, 2.45) is 5.41 Å². The molecule has 132 valence electrons. The minimum absolute atomic E-state index is 0.0107. The number of fused-ring (bicyclic) bond motifs is 1. The minimum atomic E-state index is -0.0107. The maximum absolute atomic E-state index is 10.4. The summed E-state index contributed by atoms with van der Waals surface area (Å²) < 4.78 is 0. The lowest BCUT2D eigenvalue weighted by atomic mass is 9.72. The number of aromatic nitrogens is 3. The molecule has 3 rings (SSSR count). The van der Waals surface area contributed by atoms with Crippen LogP contribution in [-0.2, 0) is 5.41 Å². The first kappa shape index (κ1) is 17.5. The van der Waals surface area contributed by atoms with E-state index in [9.17, 15) is 5.11 Å². The van der Waals surface area contributed by atoms with Crippen LogP contribution in [0.25, 0.3) is 16.7 Å². The number of hydrogen-bond acceptors (Lipinski definition) is 3. The van der Waals surface area contributed by atoms with E-state index in [4.69, 9.17) is 0 Å². The lowest BCUT2D eigenvalue weighted by Gasteiger charge is -2.33. The van der Waals surface area contributed by atoms with Gasteiger partial charge in [0.25, 0.3) is 0 Å². The highest BCUT2D eigenvalue weighted by molar-refractivity contribution is 5.77. The lowest BCUT2D eigenvalue weighted by Crippen LogP contribution is -2.25. The van der Waals surface area contributed by atoms with Crippen molar-refractivity contribution in [2.75, 3.05) is 0 Å². The molecule has 0 aliphatic carbocycles. The van der Waals surface area contributed by atoms with Gasteiger partial charge in [0.05, 0.1) is 0 Å². The Balaban J connectivity index is 2.09. The molecule has 0 atom stereocenters. The quantitative estimate of drug-likeness (QED) is 0.719. The van der Waals surface area contributed by atoms with E-state index < -0.39 is 0 Å². The van der Waals surface area contributed by atoms with E-state index in [1.54, 1.807) is 10.9 Å². The number of phenolic OH excluding ortho intramolecular Hbond substituents is 1. The third-order valence-electron chi connectivity index (χ3n) is 4.56. The molecule has 2 aromatic carbocycles. The van der Waals surface area contributed by atoms with Gasteiger partial charge in [-0.25, -0.2) is 0 Å². The van der Waals surface area contributed by atoms with Gasteiger partial charge in [0.15, 0.2) is 0 Å². The molecule has 0 unspecified atom stereocenters. The summed E-state index contributed by atoms with van der Waals surface area (Å²) in [6.45, 7) is 13.3. The number of hydrogen-bond donors (Lipinski definition) is 1. The number of nitrogens with zero attached hydrogens (tertiary/aromatic N) is 3. The average Bonchev–Trinajstić information content (AvgIpc) is 2.90. The van der Waals surface area contributed by atoms with Crippen LogP contribution in [0.5, 0.6) is 5.75 Å². The first-order valence-electron chi connectivity index (χ1n) is 8.73. The molecule has 0 fully saturated rings. The van der Waals surface area contributed by atoms with E-state index >= 15 is 0 Å².